The Bertz CT molecular complexity index is 1260. The minimum atomic E-state index is -0.585. The van der Waals surface area contributed by atoms with Gasteiger partial charge in [-0.1, -0.05) is 18.2 Å². The number of nitrogens with one attached hydrogen (secondary N) is 3. The summed E-state index contributed by atoms with van der Waals surface area (Å²) in [4.78, 5) is 39.7. The lowest BCUT2D eigenvalue weighted by Crippen LogP contribution is -2.51. The van der Waals surface area contributed by atoms with Crippen molar-refractivity contribution < 1.29 is 14.3 Å². The second-order valence-electron chi connectivity index (χ2n) is 8.67. The summed E-state index contributed by atoms with van der Waals surface area (Å²) >= 11 is 0. The number of aliphatic imine (C=N–C) groups is 1. The van der Waals surface area contributed by atoms with Crippen LogP contribution in [0.15, 0.2) is 47.0 Å². The molecule has 34 heavy (non-hydrogen) atoms. The van der Waals surface area contributed by atoms with Gasteiger partial charge in [-0.25, -0.2) is 4.98 Å². The Morgan fingerprint density at radius 1 is 1.32 bits per heavy atom. The van der Waals surface area contributed by atoms with Gasteiger partial charge >= 0.3 is 5.97 Å². The lowest BCUT2D eigenvalue weighted by Gasteiger charge is -2.39. The van der Waals surface area contributed by atoms with Gasteiger partial charge in [-0.05, 0) is 38.8 Å². The number of nitrogens with zero attached hydrogens (tertiary/aromatic N) is 4. The molecule has 0 radical (unpaired) electrons. The van der Waals surface area contributed by atoms with Crippen LogP contribution in [-0.2, 0) is 14.3 Å². The number of likely N-dealkylation sites (tertiary alicyclic amines) is 1. The Labute approximate surface area is 196 Å². The largest absolute Gasteiger partial charge is 0.465 e. The zero-order valence-electron chi connectivity index (χ0n) is 19.2. The number of carbonyl (C=O) groups excluding carboxylic acids is 2. The average molecular weight is 462 g/mol. The van der Waals surface area contributed by atoms with Crippen LogP contribution < -0.4 is 5.32 Å². The molecule has 2 aliphatic heterocycles. The van der Waals surface area contributed by atoms with E-state index in [9.17, 15) is 9.59 Å². The van der Waals surface area contributed by atoms with Crippen LogP contribution in [0.2, 0.25) is 0 Å². The van der Waals surface area contributed by atoms with Crippen molar-refractivity contribution in [3.63, 3.8) is 0 Å². The number of fused-ring (bicyclic) bond motifs is 1. The number of hydrogen-bond donors (Lipinski definition) is 3. The van der Waals surface area contributed by atoms with Crippen LogP contribution in [0.5, 0.6) is 0 Å². The van der Waals surface area contributed by atoms with Crippen LogP contribution in [0.3, 0.4) is 0 Å². The van der Waals surface area contributed by atoms with Gasteiger partial charge in [-0.2, -0.15) is 5.10 Å². The van der Waals surface area contributed by atoms with Crippen molar-refractivity contribution in [2.45, 2.75) is 44.8 Å². The van der Waals surface area contributed by atoms with Crippen molar-refractivity contribution in [2.24, 2.45) is 4.99 Å². The quantitative estimate of drug-likeness (QED) is 0.484. The van der Waals surface area contributed by atoms with Gasteiger partial charge < -0.3 is 15.0 Å². The molecule has 176 valence electrons. The van der Waals surface area contributed by atoms with Gasteiger partial charge in [0.15, 0.2) is 11.6 Å². The number of aromatic amines is 2. The standard InChI is InChI=1S/C24H27N7O3/c1-3-34-23(33)19-9-6-12-31(19)24(2)11-10-15(14-25-24)22(32)28-20-13-18(29-30-20)21-26-16-7-4-5-8-17(16)27-21/h4-5,7-8,10,13-14,19H,3,6,9,11-12H2,1-2H3,(H,26,27)(H2,28,29,30,32). The molecule has 2 aromatic heterocycles. The van der Waals surface area contributed by atoms with E-state index in [0.717, 1.165) is 30.4 Å². The molecule has 2 aliphatic rings. The normalized spacial score (nSPS) is 22.6. The molecule has 10 nitrogen and oxygen atoms in total. The van der Waals surface area contributed by atoms with Crippen molar-refractivity contribution in [1.82, 2.24) is 25.1 Å². The summed E-state index contributed by atoms with van der Waals surface area (Å²) in [6.45, 7) is 4.92. The number of anilines is 1. The number of ether oxygens (including phenoxy) is 1. The third kappa shape index (κ3) is 4.12. The number of aromatic nitrogens is 4. The SMILES string of the molecule is CCOC(=O)C1CCCN1C1(C)CC=C(C(=O)Nc2cc(-c3nc4ccccc4[nH]3)[nH]n2)C=N1. The smallest absolute Gasteiger partial charge is 0.323 e. The van der Waals surface area contributed by atoms with Gasteiger partial charge in [-0.15, -0.1) is 0 Å². The van der Waals surface area contributed by atoms with Crippen molar-refractivity contribution in [2.75, 3.05) is 18.5 Å². The fraction of sp³-hybridized carbons (Fsp3) is 0.375. The van der Waals surface area contributed by atoms with E-state index >= 15 is 0 Å². The summed E-state index contributed by atoms with van der Waals surface area (Å²) in [7, 11) is 0. The van der Waals surface area contributed by atoms with Crippen LogP contribution in [0.25, 0.3) is 22.6 Å². The highest BCUT2D eigenvalue weighted by molar-refractivity contribution is 6.17. The molecule has 3 N–H and O–H groups in total. The molecular formula is C24H27N7O3. The Hall–Kier alpha value is -3.79. The minimum absolute atomic E-state index is 0.206. The van der Waals surface area contributed by atoms with Crippen molar-refractivity contribution in [3.05, 3.63) is 42.0 Å². The highest BCUT2D eigenvalue weighted by Gasteiger charge is 2.43. The number of imidazole rings is 1. The van der Waals surface area contributed by atoms with E-state index in [1.165, 1.54) is 0 Å². The molecule has 1 saturated heterocycles. The first-order chi connectivity index (χ1) is 16.5. The number of H-pyrrole nitrogens is 2. The molecule has 3 aromatic rings. The second kappa shape index (κ2) is 8.86. The maximum Gasteiger partial charge on any atom is 0.323 e. The first-order valence-corrected chi connectivity index (χ1v) is 11.5. The highest BCUT2D eigenvalue weighted by atomic mass is 16.5. The molecule has 5 rings (SSSR count). The third-order valence-electron chi connectivity index (χ3n) is 6.35. The molecule has 0 spiro atoms. The predicted octanol–water partition coefficient (Wildman–Crippen LogP) is 3.04. The van der Waals surface area contributed by atoms with Gasteiger partial charge in [0.1, 0.15) is 17.4 Å². The number of para-hydroxylation sites is 2. The molecule has 0 aliphatic carbocycles. The first-order valence-electron chi connectivity index (χ1n) is 11.5. The zero-order valence-corrected chi connectivity index (χ0v) is 19.2. The van der Waals surface area contributed by atoms with Crippen LogP contribution in [0.1, 0.15) is 33.1 Å². The third-order valence-corrected chi connectivity index (χ3v) is 6.35. The van der Waals surface area contributed by atoms with Gasteiger partial charge in [-0.3, -0.25) is 24.6 Å². The Morgan fingerprint density at radius 3 is 2.94 bits per heavy atom. The van der Waals surface area contributed by atoms with E-state index in [2.05, 4.69) is 35.4 Å². The summed E-state index contributed by atoms with van der Waals surface area (Å²) in [5.74, 6) is 0.537. The molecule has 2 unspecified atom stereocenters. The molecule has 1 aromatic carbocycles. The van der Waals surface area contributed by atoms with Crippen LogP contribution >= 0.6 is 0 Å². The number of rotatable bonds is 6. The van der Waals surface area contributed by atoms with E-state index < -0.39 is 5.66 Å². The average Bonchev–Trinajstić information content (AvgIpc) is 3.58. The lowest BCUT2D eigenvalue weighted by atomic mass is 10.00. The van der Waals surface area contributed by atoms with E-state index in [0.29, 0.717) is 35.9 Å². The second-order valence-corrected chi connectivity index (χ2v) is 8.67. The summed E-state index contributed by atoms with van der Waals surface area (Å²) < 4.78 is 5.24. The number of benzene rings is 1. The topological polar surface area (TPSA) is 128 Å². The molecule has 10 heteroatoms. The maximum atomic E-state index is 12.8. The van der Waals surface area contributed by atoms with E-state index in [1.807, 2.05) is 44.2 Å². The molecule has 0 saturated carbocycles. The first kappa shape index (κ1) is 22.0. The van der Waals surface area contributed by atoms with Crippen molar-refractivity contribution >= 4 is 34.9 Å². The number of hydrogen-bond acceptors (Lipinski definition) is 7. The molecule has 2 atom stereocenters. The fourth-order valence-corrected chi connectivity index (χ4v) is 4.56. The summed E-state index contributed by atoms with van der Waals surface area (Å²) in [6, 6.07) is 9.17. The Morgan fingerprint density at radius 2 is 2.18 bits per heavy atom. The maximum absolute atomic E-state index is 12.8. The van der Waals surface area contributed by atoms with Crippen molar-refractivity contribution in [1.29, 1.82) is 0 Å². The highest BCUT2D eigenvalue weighted by Crippen LogP contribution is 2.33. The van der Waals surface area contributed by atoms with Gasteiger partial charge in [0.05, 0.1) is 23.2 Å². The Kier molecular flexibility index (Phi) is 5.74. The number of amides is 1. The molecule has 4 heterocycles. The monoisotopic (exact) mass is 461 g/mol. The van der Waals surface area contributed by atoms with E-state index in [4.69, 9.17) is 4.74 Å². The molecular weight excluding hydrogens is 434 g/mol. The van der Waals surface area contributed by atoms with E-state index in [-0.39, 0.29) is 17.9 Å². The van der Waals surface area contributed by atoms with Gasteiger partial charge in [0, 0.05) is 25.2 Å². The molecule has 1 amide bonds. The minimum Gasteiger partial charge on any atom is -0.465 e. The Balaban J connectivity index is 1.24. The predicted molar refractivity (Wildman–Crippen MR) is 128 cm³/mol. The van der Waals surface area contributed by atoms with Crippen LogP contribution in [0, 0.1) is 0 Å². The van der Waals surface area contributed by atoms with Crippen LogP contribution in [0.4, 0.5) is 5.82 Å². The molecule has 1 fully saturated rings. The summed E-state index contributed by atoms with van der Waals surface area (Å²) in [5, 5.41) is 9.90. The van der Waals surface area contributed by atoms with Crippen LogP contribution in [-0.4, -0.2) is 68.0 Å². The fourth-order valence-electron chi connectivity index (χ4n) is 4.56. The van der Waals surface area contributed by atoms with Gasteiger partial charge in [0.25, 0.3) is 5.91 Å². The van der Waals surface area contributed by atoms with Gasteiger partial charge in [0.2, 0.25) is 0 Å². The summed E-state index contributed by atoms with van der Waals surface area (Å²) in [5.41, 5.74) is 2.32. The van der Waals surface area contributed by atoms with Crippen molar-refractivity contribution in [3.8, 4) is 11.5 Å². The summed E-state index contributed by atoms with van der Waals surface area (Å²) in [6.07, 6.45) is 5.63. The molecule has 0 bridgehead atoms. The number of carbonyl (C=O) groups is 2. The number of esters is 1. The number of dihydropyridines is 1. The lowest BCUT2D eigenvalue weighted by molar-refractivity contribution is -0.150. The zero-order chi connectivity index (χ0) is 23.7. The van der Waals surface area contributed by atoms with E-state index in [1.54, 1.807) is 12.3 Å².